The van der Waals surface area contributed by atoms with Crippen molar-refractivity contribution >= 4 is 5.91 Å². The number of carbonyl (C=O) groups is 1. The van der Waals surface area contributed by atoms with Gasteiger partial charge in [-0.05, 0) is 25.9 Å². The van der Waals surface area contributed by atoms with Crippen molar-refractivity contribution in [1.29, 1.82) is 0 Å². The molecule has 1 aliphatic rings. The highest BCUT2D eigenvalue weighted by Crippen LogP contribution is 2.02. The Labute approximate surface area is 105 Å². The van der Waals surface area contributed by atoms with Gasteiger partial charge in [0.25, 0.3) is 0 Å². The van der Waals surface area contributed by atoms with E-state index in [1.54, 1.807) is 0 Å². The van der Waals surface area contributed by atoms with E-state index in [1.165, 1.54) is 0 Å². The van der Waals surface area contributed by atoms with E-state index in [9.17, 15) is 4.79 Å². The molecule has 0 saturated carbocycles. The molecule has 1 fully saturated rings. The summed E-state index contributed by atoms with van der Waals surface area (Å²) in [4.78, 5) is 16.3. The van der Waals surface area contributed by atoms with Crippen molar-refractivity contribution < 1.29 is 9.53 Å². The zero-order valence-corrected chi connectivity index (χ0v) is 11.3. The summed E-state index contributed by atoms with van der Waals surface area (Å²) in [6.45, 7) is 10.4. The van der Waals surface area contributed by atoms with Gasteiger partial charge in [0.1, 0.15) is 0 Å². The van der Waals surface area contributed by atoms with Crippen LogP contribution in [0.1, 0.15) is 33.1 Å². The molecule has 0 aromatic heterocycles. The van der Waals surface area contributed by atoms with Gasteiger partial charge in [-0.2, -0.15) is 0 Å². The summed E-state index contributed by atoms with van der Waals surface area (Å²) in [5.41, 5.74) is 0. The second-order valence-electron chi connectivity index (χ2n) is 4.58. The molecule has 4 nitrogen and oxygen atoms in total. The Morgan fingerprint density at radius 2 is 1.71 bits per heavy atom. The summed E-state index contributed by atoms with van der Waals surface area (Å²) in [6, 6.07) is 0. The van der Waals surface area contributed by atoms with Crippen LogP contribution in [0.4, 0.5) is 0 Å². The van der Waals surface area contributed by atoms with Crippen molar-refractivity contribution in [2.45, 2.75) is 33.1 Å². The van der Waals surface area contributed by atoms with Crippen LogP contribution in [0.15, 0.2) is 0 Å². The van der Waals surface area contributed by atoms with Crippen molar-refractivity contribution in [1.82, 2.24) is 9.80 Å². The number of carbonyl (C=O) groups excluding carboxylic acids is 1. The SMILES string of the molecule is CCCN(CCC)CCC(=O)N1CCOCC1. The molecule has 0 N–H and O–H groups in total. The van der Waals surface area contributed by atoms with Crippen LogP contribution in [0.2, 0.25) is 0 Å². The van der Waals surface area contributed by atoms with E-state index < -0.39 is 0 Å². The van der Waals surface area contributed by atoms with Crippen LogP contribution in [0, 0.1) is 0 Å². The number of hydrogen-bond acceptors (Lipinski definition) is 3. The molecule has 1 saturated heterocycles. The first-order chi connectivity index (χ1) is 8.27. The first kappa shape index (κ1) is 14.5. The third-order valence-electron chi connectivity index (χ3n) is 3.09. The van der Waals surface area contributed by atoms with E-state index in [4.69, 9.17) is 4.74 Å². The second kappa shape index (κ2) is 8.48. The third kappa shape index (κ3) is 5.50. The van der Waals surface area contributed by atoms with E-state index in [0.29, 0.717) is 19.6 Å². The van der Waals surface area contributed by atoms with Crippen LogP contribution >= 0.6 is 0 Å². The van der Waals surface area contributed by atoms with Crippen molar-refractivity contribution in [3.05, 3.63) is 0 Å². The second-order valence-corrected chi connectivity index (χ2v) is 4.58. The molecule has 0 spiro atoms. The molecule has 1 aliphatic heterocycles. The number of rotatable bonds is 7. The Hall–Kier alpha value is -0.610. The van der Waals surface area contributed by atoms with Crippen molar-refractivity contribution in [2.75, 3.05) is 45.9 Å². The first-order valence-electron chi connectivity index (χ1n) is 6.85. The predicted molar refractivity (Wildman–Crippen MR) is 69.0 cm³/mol. The summed E-state index contributed by atoms with van der Waals surface area (Å²) in [5, 5.41) is 0. The normalized spacial score (nSPS) is 16.5. The van der Waals surface area contributed by atoms with E-state index in [0.717, 1.165) is 45.6 Å². The predicted octanol–water partition coefficient (Wildman–Crippen LogP) is 1.36. The summed E-state index contributed by atoms with van der Waals surface area (Å²) >= 11 is 0. The lowest BCUT2D eigenvalue weighted by molar-refractivity contribution is -0.135. The Bertz CT molecular complexity index is 209. The molecule has 0 atom stereocenters. The van der Waals surface area contributed by atoms with Crippen LogP contribution in [-0.2, 0) is 9.53 Å². The molecule has 0 bridgehead atoms. The molecule has 100 valence electrons. The van der Waals surface area contributed by atoms with Crippen LogP contribution < -0.4 is 0 Å². The zero-order chi connectivity index (χ0) is 12.5. The summed E-state index contributed by atoms with van der Waals surface area (Å²) in [6.07, 6.45) is 2.97. The van der Waals surface area contributed by atoms with Gasteiger partial charge in [0.05, 0.1) is 13.2 Å². The highest BCUT2D eigenvalue weighted by atomic mass is 16.5. The lowest BCUT2D eigenvalue weighted by Crippen LogP contribution is -2.42. The van der Waals surface area contributed by atoms with Gasteiger partial charge < -0.3 is 14.5 Å². The van der Waals surface area contributed by atoms with Gasteiger partial charge in [0.2, 0.25) is 5.91 Å². The third-order valence-corrected chi connectivity index (χ3v) is 3.09. The van der Waals surface area contributed by atoms with Crippen LogP contribution in [-0.4, -0.2) is 61.6 Å². The highest BCUT2D eigenvalue weighted by molar-refractivity contribution is 5.76. The first-order valence-corrected chi connectivity index (χ1v) is 6.85. The maximum Gasteiger partial charge on any atom is 0.224 e. The average molecular weight is 242 g/mol. The topological polar surface area (TPSA) is 32.8 Å². The van der Waals surface area contributed by atoms with Gasteiger partial charge in [-0.25, -0.2) is 0 Å². The minimum Gasteiger partial charge on any atom is -0.378 e. The molecule has 0 unspecified atom stereocenters. The Morgan fingerprint density at radius 1 is 1.12 bits per heavy atom. The molecular formula is C13H26N2O2. The van der Waals surface area contributed by atoms with Crippen LogP contribution in [0.5, 0.6) is 0 Å². The minimum atomic E-state index is 0.283. The molecule has 0 radical (unpaired) electrons. The Balaban J connectivity index is 2.24. The fourth-order valence-electron chi connectivity index (χ4n) is 2.19. The van der Waals surface area contributed by atoms with Gasteiger partial charge >= 0.3 is 0 Å². The maximum absolute atomic E-state index is 12.0. The highest BCUT2D eigenvalue weighted by Gasteiger charge is 2.17. The monoisotopic (exact) mass is 242 g/mol. The van der Waals surface area contributed by atoms with Crippen molar-refractivity contribution in [2.24, 2.45) is 0 Å². The van der Waals surface area contributed by atoms with E-state index in [2.05, 4.69) is 18.7 Å². The number of ether oxygens (including phenoxy) is 1. The number of hydrogen-bond donors (Lipinski definition) is 0. The fraction of sp³-hybridized carbons (Fsp3) is 0.923. The molecule has 0 aromatic carbocycles. The van der Waals surface area contributed by atoms with Gasteiger partial charge in [0, 0.05) is 26.1 Å². The molecule has 4 heteroatoms. The summed E-state index contributed by atoms with van der Waals surface area (Å²) in [5.74, 6) is 0.283. The number of nitrogens with zero attached hydrogens (tertiary/aromatic N) is 2. The lowest BCUT2D eigenvalue weighted by Gasteiger charge is -2.28. The summed E-state index contributed by atoms with van der Waals surface area (Å²) < 4.78 is 5.25. The fourth-order valence-corrected chi connectivity index (χ4v) is 2.19. The van der Waals surface area contributed by atoms with Crippen LogP contribution in [0.25, 0.3) is 0 Å². The van der Waals surface area contributed by atoms with Gasteiger partial charge in [0.15, 0.2) is 0 Å². The molecular weight excluding hydrogens is 216 g/mol. The lowest BCUT2D eigenvalue weighted by atomic mass is 10.3. The van der Waals surface area contributed by atoms with Crippen molar-refractivity contribution in [3.63, 3.8) is 0 Å². The van der Waals surface area contributed by atoms with E-state index in [-0.39, 0.29) is 5.91 Å². The molecule has 1 amide bonds. The number of morpholine rings is 1. The zero-order valence-electron chi connectivity index (χ0n) is 11.3. The van der Waals surface area contributed by atoms with Crippen molar-refractivity contribution in [3.8, 4) is 0 Å². The largest absolute Gasteiger partial charge is 0.378 e. The maximum atomic E-state index is 12.0. The van der Waals surface area contributed by atoms with Crippen LogP contribution in [0.3, 0.4) is 0 Å². The molecule has 0 aliphatic carbocycles. The van der Waals surface area contributed by atoms with E-state index >= 15 is 0 Å². The number of amides is 1. The average Bonchev–Trinajstić information content (AvgIpc) is 2.37. The van der Waals surface area contributed by atoms with Gasteiger partial charge in [-0.3, -0.25) is 4.79 Å². The van der Waals surface area contributed by atoms with E-state index in [1.807, 2.05) is 4.90 Å². The molecule has 1 heterocycles. The smallest absolute Gasteiger partial charge is 0.224 e. The molecule has 17 heavy (non-hydrogen) atoms. The summed E-state index contributed by atoms with van der Waals surface area (Å²) in [7, 11) is 0. The quantitative estimate of drug-likeness (QED) is 0.676. The van der Waals surface area contributed by atoms with Gasteiger partial charge in [-0.1, -0.05) is 13.8 Å². The minimum absolute atomic E-state index is 0.283. The Kier molecular flexibility index (Phi) is 7.21. The Morgan fingerprint density at radius 3 is 2.24 bits per heavy atom. The standard InChI is InChI=1S/C13H26N2O2/c1-3-6-14(7-4-2)8-5-13(16)15-9-11-17-12-10-15/h3-12H2,1-2H3. The molecule has 0 aromatic rings. The molecule has 1 rings (SSSR count). The van der Waals surface area contributed by atoms with Gasteiger partial charge in [-0.15, -0.1) is 0 Å².